The van der Waals surface area contributed by atoms with Crippen molar-refractivity contribution in [1.82, 2.24) is 25.1 Å². The van der Waals surface area contributed by atoms with Gasteiger partial charge in [-0.2, -0.15) is 5.10 Å². The number of anilines is 1. The Balaban J connectivity index is 1.41. The Kier molecular flexibility index (Phi) is 5.31. The van der Waals surface area contributed by atoms with E-state index in [0.29, 0.717) is 17.8 Å². The van der Waals surface area contributed by atoms with E-state index < -0.39 is 0 Å². The van der Waals surface area contributed by atoms with Crippen LogP contribution in [0.25, 0.3) is 22.3 Å². The summed E-state index contributed by atoms with van der Waals surface area (Å²) in [5.74, 6) is 0.862. The summed E-state index contributed by atoms with van der Waals surface area (Å²) in [6, 6.07) is 15.8. The summed E-state index contributed by atoms with van der Waals surface area (Å²) in [6.45, 7) is 4.45. The summed E-state index contributed by atoms with van der Waals surface area (Å²) < 4.78 is 1.73. The third-order valence-electron chi connectivity index (χ3n) is 5.98. The molecule has 1 aliphatic rings. The zero-order valence-corrected chi connectivity index (χ0v) is 18.4. The molecule has 1 aromatic carbocycles. The molecule has 1 saturated heterocycles. The highest BCUT2D eigenvalue weighted by molar-refractivity contribution is 6.07. The average molecular weight is 427 g/mol. The van der Waals surface area contributed by atoms with E-state index in [9.17, 15) is 4.79 Å². The third-order valence-corrected chi connectivity index (χ3v) is 5.98. The normalized spacial score (nSPS) is 13.6. The number of hydrogen-bond acceptors (Lipinski definition) is 5. The van der Waals surface area contributed by atoms with Gasteiger partial charge in [-0.15, -0.1) is 0 Å². The molecular weight excluding hydrogens is 400 g/mol. The van der Waals surface area contributed by atoms with Crippen LogP contribution in [-0.4, -0.2) is 38.7 Å². The number of aryl methyl sites for hydroxylation is 2. The van der Waals surface area contributed by atoms with Crippen molar-refractivity contribution in [3.05, 3.63) is 71.5 Å². The monoisotopic (exact) mass is 426 g/mol. The average Bonchev–Trinajstić information content (AvgIpc) is 3.46. The molecule has 0 saturated carbocycles. The van der Waals surface area contributed by atoms with Crippen LogP contribution >= 0.6 is 0 Å². The number of pyridine rings is 2. The summed E-state index contributed by atoms with van der Waals surface area (Å²) in [5.41, 5.74) is 4.76. The molecule has 0 radical (unpaired) electrons. The number of benzene rings is 1. The lowest BCUT2D eigenvalue weighted by atomic mass is 10.0. The molecule has 7 heteroatoms. The summed E-state index contributed by atoms with van der Waals surface area (Å²) in [7, 11) is 1.85. The second kappa shape index (κ2) is 8.42. The van der Waals surface area contributed by atoms with E-state index in [2.05, 4.69) is 20.3 Å². The Bertz CT molecular complexity index is 1260. The maximum atomic E-state index is 13.2. The lowest BCUT2D eigenvalue weighted by Crippen LogP contribution is -2.24. The summed E-state index contributed by atoms with van der Waals surface area (Å²) >= 11 is 0. The summed E-state index contributed by atoms with van der Waals surface area (Å²) in [6.07, 6.45) is 4.29. The van der Waals surface area contributed by atoms with E-state index in [-0.39, 0.29) is 5.91 Å². The number of aromatic nitrogens is 4. The van der Waals surface area contributed by atoms with Crippen molar-refractivity contribution in [1.29, 1.82) is 0 Å². The quantitative estimate of drug-likeness (QED) is 0.524. The largest absolute Gasteiger partial charge is 0.357 e. The first-order valence-corrected chi connectivity index (χ1v) is 11.0. The summed E-state index contributed by atoms with van der Waals surface area (Å²) in [4.78, 5) is 24.9. The van der Waals surface area contributed by atoms with Crippen LogP contribution < -0.4 is 10.2 Å². The minimum atomic E-state index is -0.144. The fraction of sp³-hybridized carbons (Fsp3) is 0.280. The predicted octanol–water partition coefficient (Wildman–Crippen LogP) is 3.87. The van der Waals surface area contributed by atoms with Gasteiger partial charge in [-0.05, 0) is 37.5 Å². The zero-order valence-electron chi connectivity index (χ0n) is 18.4. The van der Waals surface area contributed by atoms with Gasteiger partial charge in [0.25, 0.3) is 5.91 Å². The SMILES string of the molecule is Cc1nn(C)c2nc(-c3ccccc3)cc(C(=O)NCc3ccc(N4CCCC4)nc3)c12. The van der Waals surface area contributed by atoms with E-state index >= 15 is 0 Å². The van der Waals surface area contributed by atoms with Crippen molar-refractivity contribution < 1.29 is 4.79 Å². The number of hydrogen-bond donors (Lipinski definition) is 1. The number of carbonyl (C=O) groups is 1. The van der Waals surface area contributed by atoms with Crippen molar-refractivity contribution in [3.63, 3.8) is 0 Å². The van der Waals surface area contributed by atoms with E-state index in [4.69, 9.17) is 4.98 Å². The summed E-state index contributed by atoms with van der Waals surface area (Å²) in [5, 5.41) is 8.33. The molecule has 3 aromatic heterocycles. The molecule has 5 rings (SSSR count). The van der Waals surface area contributed by atoms with E-state index in [0.717, 1.165) is 46.8 Å². The minimum Gasteiger partial charge on any atom is -0.357 e. The zero-order chi connectivity index (χ0) is 22.1. The van der Waals surface area contributed by atoms with Gasteiger partial charge < -0.3 is 10.2 Å². The van der Waals surface area contributed by atoms with Crippen LogP contribution in [0.1, 0.15) is 34.5 Å². The van der Waals surface area contributed by atoms with Gasteiger partial charge in [0.2, 0.25) is 0 Å². The second-order valence-corrected chi connectivity index (χ2v) is 8.23. The lowest BCUT2D eigenvalue weighted by Gasteiger charge is -2.16. The molecule has 4 heterocycles. The van der Waals surface area contributed by atoms with Crippen molar-refractivity contribution >= 4 is 22.8 Å². The maximum Gasteiger partial charge on any atom is 0.252 e. The van der Waals surface area contributed by atoms with Crippen molar-refractivity contribution in [2.24, 2.45) is 7.05 Å². The van der Waals surface area contributed by atoms with Crippen LogP contribution in [0, 0.1) is 6.92 Å². The Labute approximate surface area is 187 Å². The fourth-order valence-electron chi connectivity index (χ4n) is 4.31. The topological polar surface area (TPSA) is 75.9 Å². The van der Waals surface area contributed by atoms with Crippen LogP contribution in [0.15, 0.2) is 54.7 Å². The van der Waals surface area contributed by atoms with Gasteiger partial charge in [0, 0.05) is 38.4 Å². The molecule has 0 atom stereocenters. The van der Waals surface area contributed by atoms with Gasteiger partial charge in [0.15, 0.2) is 5.65 Å². The Hall–Kier alpha value is -3.74. The second-order valence-electron chi connectivity index (χ2n) is 8.23. The number of carbonyl (C=O) groups excluding carboxylic acids is 1. The van der Waals surface area contributed by atoms with Gasteiger partial charge in [-0.3, -0.25) is 9.48 Å². The fourth-order valence-corrected chi connectivity index (χ4v) is 4.31. The molecule has 162 valence electrons. The van der Waals surface area contributed by atoms with Crippen LogP contribution in [0.2, 0.25) is 0 Å². The molecule has 0 spiro atoms. The standard InChI is InChI=1S/C25H26N6O/c1-17-23-20(14-21(19-8-4-3-5-9-19)28-24(23)30(2)29-17)25(32)27-16-18-10-11-22(26-15-18)31-12-6-7-13-31/h3-5,8-11,14-15H,6-7,12-13,16H2,1-2H3,(H,27,32). The first-order chi connectivity index (χ1) is 15.6. The van der Waals surface area contributed by atoms with E-state index in [1.165, 1.54) is 12.8 Å². The van der Waals surface area contributed by atoms with Gasteiger partial charge in [-0.1, -0.05) is 36.4 Å². The van der Waals surface area contributed by atoms with Crippen LogP contribution in [0.3, 0.4) is 0 Å². The van der Waals surface area contributed by atoms with Gasteiger partial charge >= 0.3 is 0 Å². The molecule has 7 nitrogen and oxygen atoms in total. The highest BCUT2D eigenvalue weighted by atomic mass is 16.1. The lowest BCUT2D eigenvalue weighted by molar-refractivity contribution is 0.0952. The minimum absolute atomic E-state index is 0.144. The van der Waals surface area contributed by atoms with Crippen LogP contribution in [0.5, 0.6) is 0 Å². The molecule has 1 fully saturated rings. The maximum absolute atomic E-state index is 13.2. The van der Waals surface area contributed by atoms with Crippen LogP contribution in [-0.2, 0) is 13.6 Å². The molecule has 4 aromatic rings. The first kappa shape index (κ1) is 20.2. The van der Waals surface area contributed by atoms with Gasteiger partial charge in [0.05, 0.1) is 22.3 Å². The van der Waals surface area contributed by atoms with Gasteiger partial charge in [0.1, 0.15) is 5.82 Å². The Morgan fingerprint density at radius 2 is 1.88 bits per heavy atom. The van der Waals surface area contributed by atoms with Crippen molar-refractivity contribution in [3.8, 4) is 11.3 Å². The third kappa shape index (κ3) is 3.82. The van der Waals surface area contributed by atoms with E-state index in [1.54, 1.807) is 4.68 Å². The van der Waals surface area contributed by atoms with Crippen molar-refractivity contribution in [2.45, 2.75) is 26.3 Å². The van der Waals surface area contributed by atoms with Crippen LogP contribution in [0.4, 0.5) is 5.82 Å². The molecule has 0 aliphatic carbocycles. The molecule has 0 unspecified atom stereocenters. The number of nitrogens with one attached hydrogen (secondary N) is 1. The molecule has 1 N–H and O–H groups in total. The predicted molar refractivity (Wildman–Crippen MR) is 126 cm³/mol. The number of nitrogens with zero attached hydrogens (tertiary/aromatic N) is 5. The molecule has 32 heavy (non-hydrogen) atoms. The number of fused-ring (bicyclic) bond motifs is 1. The smallest absolute Gasteiger partial charge is 0.252 e. The molecule has 0 bridgehead atoms. The highest BCUT2D eigenvalue weighted by Crippen LogP contribution is 2.27. The molecular formula is C25H26N6O. The molecule has 1 aliphatic heterocycles. The van der Waals surface area contributed by atoms with E-state index in [1.807, 2.05) is 68.7 Å². The number of amides is 1. The highest BCUT2D eigenvalue weighted by Gasteiger charge is 2.19. The Morgan fingerprint density at radius 3 is 2.59 bits per heavy atom. The Morgan fingerprint density at radius 1 is 1.09 bits per heavy atom. The van der Waals surface area contributed by atoms with Crippen molar-refractivity contribution in [2.75, 3.05) is 18.0 Å². The molecule has 1 amide bonds. The van der Waals surface area contributed by atoms with Gasteiger partial charge in [-0.25, -0.2) is 9.97 Å². The number of rotatable bonds is 5. The first-order valence-electron chi connectivity index (χ1n) is 11.0.